The van der Waals surface area contributed by atoms with Crippen LogP contribution in [0.15, 0.2) is 29.2 Å². The molecule has 1 rings (SSSR count). The van der Waals surface area contributed by atoms with E-state index in [4.69, 9.17) is 14.3 Å². The number of halogens is 2. The Morgan fingerprint density at radius 2 is 2.00 bits per heavy atom. The van der Waals surface area contributed by atoms with E-state index in [1.165, 1.54) is 24.3 Å². The van der Waals surface area contributed by atoms with Crippen molar-refractivity contribution in [1.82, 2.24) is 0 Å². The van der Waals surface area contributed by atoms with E-state index in [0.717, 1.165) is 0 Å². The van der Waals surface area contributed by atoms with Crippen molar-refractivity contribution in [3.05, 3.63) is 29.3 Å². The van der Waals surface area contributed by atoms with Gasteiger partial charge in [-0.05, 0) is 24.3 Å². The number of rotatable bonds is 4. The van der Waals surface area contributed by atoms with Gasteiger partial charge in [-0.2, -0.15) is 8.42 Å². The SMILES string of the molecule is [2H]C([2H])(Br)COS(=O)(=O)c1ccc(Cl)cc1. The molecular formula is C8H8BrClO3S. The predicted octanol–water partition coefficient (Wildman–Crippen LogP) is 2.44. The Kier molecular flexibility index (Phi) is 3.34. The largest absolute Gasteiger partial charge is 0.297 e. The fourth-order valence-corrected chi connectivity index (χ4v) is 1.98. The minimum absolute atomic E-state index is 0.0614. The van der Waals surface area contributed by atoms with E-state index in [1.807, 2.05) is 0 Å². The van der Waals surface area contributed by atoms with Crippen LogP contribution in [0, 0.1) is 0 Å². The number of benzene rings is 1. The molecule has 0 amide bonds. The van der Waals surface area contributed by atoms with Gasteiger partial charge in [-0.3, -0.25) is 4.18 Å². The van der Waals surface area contributed by atoms with E-state index >= 15 is 0 Å². The van der Waals surface area contributed by atoms with Crippen LogP contribution >= 0.6 is 27.5 Å². The predicted molar refractivity (Wildman–Crippen MR) is 58.4 cm³/mol. The summed E-state index contributed by atoms with van der Waals surface area (Å²) in [5.74, 6) is 0. The minimum atomic E-state index is -3.94. The highest BCUT2D eigenvalue weighted by Crippen LogP contribution is 2.15. The summed E-state index contributed by atoms with van der Waals surface area (Å²) >= 11 is 8.25. The fraction of sp³-hybridized carbons (Fsp3) is 0.250. The molecule has 0 fully saturated rings. The summed E-state index contributed by atoms with van der Waals surface area (Å²) in [6.07, 6.45) is 0. The maximum absolute atomic E-state index is 11.5. The van der Waals surface area contributed by atoms with Gasteiger partial charge in [0, 0.05) is 13.0 Å². The summed E-state index contributed by atoms with van der Waals surface area (Å²) in [5.41, 5.74) is 0. The lowest BCUT2D eigenvalue weighted by atomic mass is 10.4. The van der Waals surface area contributed by atoms with Gasteiger partial charge in [0.1, 0.15) is 0 Å². The van der Waals surface area contributed by atoms with E-state index < -0.39 is 22.0 Å². The van der Waals surface area contributed by atoms with Crippen molar-refractivity contribution in [1.29, 1.82) is 0 Å². The van der Waals surface area contributed by atoms with Gasteiger partial charge in [0.05, 0.1) is 11.5 Å². The molecule has 0 aliphatic carbocycles. The third-order valence-electron chi connectivity index (χ3n) is 1.37. The molecule has 0 saturated heterocycles. The van der Waals surface area contributed by atoms with Crippen molar-refractivity contribution < 1.29 is 15.3 Å². The summed E-state index contributed by atoms with van der Waals surface area (Å²) in [4.78, 5) is -0.0614. The second-order valence-corrected chi connectivity index (χ2v) is 4.92. The lowest BCUT2D eigenvalue weighted by Gasteiger charge is -2.03. The molecule has 3 nitrogen and oxygen atoms in total. The minimum Gasteiger partial charge on any atom is -0.265 e. The molecule has 0 aromatic heterocycles. The average Bonchev–Trinajstić information content (AvgIpc) is 2.15. The maximum Gasteiger partial charge on any atom is 0.297 e. The molecule has 0 aliphatic heterocycles. The highest BCUT2D eigenvalue weighted by atomic mass is 79.9. The zero-order valence-electron chi connectivity index (χ0n) is 8.91. The average molecular weight is 302 g/mol. The summed E-state index contributed by atoms with van der Waals surface area (Å²) in [5, 5.41) is -1.47. The normalized spacial score (nSPS) is 14.7. The Bertz CT molecular complexity index is 455. The second kappa shape index (κ2) is 5.11. The van der Waals surface area contributed by atoms with Crippen molar-refractivity contribution in [2.24, 2.45) is 0 Å². The van der Waals surface area contributed by atoms with Crippen LogP contribution in [-0.2, 0) is 14.3 Å². The van der Waals surface area contributed by atoms with Gasteiger partial charge in [0.15, 0.2) is 0 Å². The molecule has 0 atom stereocenters. The second-order valence-electron chi connectivity index (χ2n) is 2.30. The van der Waals surface area contributed by atoms with Gasteiger partial charge >= 0.3 is 0 Å². The smallest absolute Gasteiger partial charge is 0.265 e. The molecule has 0 spiro atoms. The Morgan fingerprint density at radius 3 is 2.50 bits per heavy atom. The van der Waals surface area contributed by atoms with Gasteiger partial charge in [-0.25, -0.2) is 0 Å². The quantitative estimate of drug-likeness (QED) is 0.634. The number of hydrogen-bond donors (Lipinski definition) is 0. The Hall–Kier alpha value is -0.100. The van der Waals surface area contributed by atoms with Crippen LogP contribution in [0.4, 0.5) is 0 Å². The van der Waals surface area contributed by atoms with Gasteiger partial charge in [0.25, 0.3) is 10.1 Å². The first-order valence-corrected chi connectivity index (χ1v) is 6.12. The third-order valence-corrected chi connectivity index (χ3v) is 3.13. The van der Waals surface area contributed by atoms with E-state index in [0.29, 0.717) is 5.02 Å². The van der Waals surface area contributed by atoms with Gasteiger partial charge in [-0.15, -0.1) is 0 Å². The molecule has 1 aromatic rings. The molecule has 78 valence electrons. The van der Waals surface area contributed by atoms with Crippen molar-refractivity contribution in [3.63, 3.8) is 0 Å². The molecule has 14 heavy (non-hydrogen) atoms. The van der Waals surface area contributed by atoms with Crippen LogP contribution in [0.1, 0.15) is 2.74 Å². The first kappa shape index (κ1) is 9.15. The zero-order valence-corrected chi connectivity index (χ0v) is 10.1. The molecule has 1 aromatic carbocycles. The zero-order chi connectivity index (χ0) is 12.4. The van der Waals surface area contributed by atoms with Crippen molar-refractivity contribution >= 4 is 37.6 Å². The lowest BCUT2D eigenvalue weighted by molar-refractivity contribution is 0.342. The summed E-state index contributed by atoms with van der Waals surface area (Å²) in [7, 11) is -3.94. The lowest BCUT2D eigenvalue weighted by Crippen LogP contribution is -2.07. The molecule has 0 saturated carbocycles. The molecule has 0 radical (unpaired) electrons. The van der Waals surface area contributed by atoms with Gasteiger partial charge in [-0.1, -0.05) is 27.5 Å². The molecule has 0 heterocycles. The Morgan fingerprint density at radius 1 is 1.43 bits per heavy atom. The molecule has 0 aliphatic rings. The summed E-state index contributed by atoms with van der Waals surface area (Å²) in [6, 6.07) is 5.42. The van der Waals surface area contributed by atoms with Gasteiger partial charge in [0.2, 0.25) is 0 Å². The van der Waals surface area contributed by atoms with Crippen LogP contribution in [0.3, 0.4) is 0 Å². The van der Waals surface area contributed by atoms with E-state index in [1.54, 1.807) is 0 Å². The van der Waals surface area contributed by atoms with Crippen molar-refractivity contribution in [3.8, 4) is 0 Å². The topological polar surface area (TPSA) is 43.4 Å². The third kappa shape index (κ3) is 3.24. The molecule has 0 N–H and O–H groups in total. The number of hydrogen-bond acceptors (Lipinski definition) is 3. The van der Waals surface area contributed by atoms with Crippen LogP contribution in [0.25, 0.3) is 0 Å². The van der Waals surface area contributed by atoms with Crippen molar-refractivity contribution in [2.75, 3.05) is 11.9 Å². The summed E-state index contributed by atoms with van der Waals surface area (Å²) < 4.78 is 41.8. The molecule has 0 bridgehead atoms. The Balaban J connectivity index is 2.83. The van der Waals surface area contributed by atoms with E-state index in [-0.39, 0.29) is 4.90 Å². The van der Waals surface area contributed by atoms with E-state index in [9.17, 15) is 8.42 Å². The van der Waals surface area contributed by atoms with Crippen LogP contribution < -0.4 is 0 Å². The monoisotopic (exact) mass is 300 g/mol. The number of alkyl halides is 1. The highest BCUT2D eigenvalue weighted by molar-refractivity contribution is 9.09. The standard InChI is InChI=1S/C8H8BrClO3S/c9-5-6-13-14(11,12)8-3-1-7(10)2-4-8/h1-4H,5-6H2/i5D2. The first-order chi connectivity index (χ1) is 7.21. The molecule has 0 unspecified atom stereocenters. The first-order valence-electron chi connectivity index (χ1n) is 4.55. The van der Waals surface area contributed by atoms with Crippen LogP contribution in [0.2, 0.25) is 5.02 Å². The van der Waals surface area contributed by atoms with Gasteiger partial charge < -0.3 is 0 Å². The molecular weight excluding hydrogens is 292 g/mol. The van der Waals surface area contributed by atoms with Crippen LogP contribution in [0.5, 0.6) is 0 Å². The Labute approximate surface area is 99.1 Å². The fourth-order valence-electron chi connectivity index (χ4n) is 0.769. The van der Waals surface area contributed by atoms with Crippen LogP contribution in [-0.4, -0.2) is 20.3 Å². The van der Waals surface area contributed by atoms with E-state index in [2.05, 4.69) is 20.1 Å². The maximum atomic E-state index is 11.5. The summed E-state index contributed by atoms with van der Waals surface area (Å²) in [6.45, 7) is -0.599. The molecule has 6 heteroatoms. The highest BCUT2D eigenvalue weighted by Gasteiger charge is 2.13. The van der Waals surface area contributed by atoms with Crippen molar-refractivity contribution in [2.45, 2.75) is 4.90 Å².